The Hall–Kier alpha value is -0.830. The second kappa shape index (κ2) is 4.45. The van der Waals surface area contributed by atoms with E-state index in [2.05, 4.69) is 26.8 Å². The Morgan fingerprint density at radius 1 is 1.59 bits per heavy atom. The Morgan fingerprint density at radius 2 is 2.29 bits per heavy atom. The molecule has 1 aliphatic heterocycles. The van der Waals surface area contributed by atoms with Crippen molar-refractivity contribution in [3.05, 3.63) is 11.6 Å². The molecule has 0 unspecified atom stereocenters. The van der Waals surface area contributed by atoms with Gasteiger partial charge in [-0.2, -0.15) is 0 Å². The fourth-order valence-corrected chi connectivity index (χ4v) is 3.10. The first kappa shape index (κ1) is 12.6. The summed E-state index contributed by atoms with van der Waals surface area (Å²) in [5, 5.41) is 0. The molecule has 0 spiro atoms. The highest BCUT2D eigenvalue weighted by Crippen LogP contribution is 2.48. The van der Waals surface area contributed by atoms with Gasteiger partial charge >= 0.3 is 5.97 Å². The van der Waals surface area contributed by atoms with E-state index in [0.29, 0.717) is 25.0 Å². The van der Waals surface area contributed by atoms with Gasteiger partial charge in [-0.25, -0.2) is 0 Å². The van der Waals surface area contributed by atoms with Gasteiger partial charge in [0.1, 0.15) is 0 Å². The van der Waals surface area contributed by atoms with Crippen LogP contribution in [0.15, 0.2) is 11.6 Å². The number of rotatable bonds is 2. The molecular weight excluding hydrogens is 216 g/mol. The SMILES string of the molecule is CC(=O)OC[C@]12CO[C@H](C)[C@H](C1)C(C)=C[C@H]2C. The van der Waals surface area contributed by atoms with Crippen LogP contribution in [-0.2, 0) is 14.3 Å². The number of allylic oxidation sites excluding steroid dienone is 1. The normalized spacial score (nSPS) is 40.7. The van der Waals surface area contributed by atoms with E-state index in [1.54, 1.807) is 0 Å². The number of carbonyl (C=O) groups excluding carboxylic acids is 1. The maximum atomic E-state index is 11.0. The van der Waals surface area contributed by atoms with E-state index in [9.17, 15) is 4.79 Å². The topological polar surface area (TPSA) is 35.5 Å². The van der Waals surface area contributed by atoms with Gasteiger partial charge in [0, 0.05) is 18.3 Å². The third-order valence-electron chi connectivity index (χ3n) is 4.45. The van der Waals surface area contributed by atoms with Crippen LogP contribution in [0.2, 0.25) is 0 Å². The fraction of sp³-hybridized carbons (Fsp3) is 0.786. The first-order valence-electron chi connectivity index (χ1n) is 6.38. The van der Waals surface area contributed by atoms with Crippen molar-refractivity contribution in [1.29, 1.82) is 0 Å². The van der Waals surface area contributed by atoms with Crippen LogP contribution in [-0.4, -0.2) is 25.3 Å². The molecule has 0 radical (unpaired) electrons. The molecular formula is C14H22O3. The molecule has 3 nitrogen and oxygen atoms in total. The van der Waals surface area contributed by atoms with E-state index in [1.807, 2.05) is 0 Å². The predicted molar refractivity (Wildman–Crippen MR) is 65.5 cm³/mol. The van der Waals surface area contributed by atoms with Crippen LogP contribution in [0.1, 0.15) is 34.1 Å². The molecule has 4 atom stereocenters. The van der Waals surface area contributed by atoms with Crippen molar-refractivity contribution < 1.29 is 14.3 Å². The van der Waals surface area contributed by atoms with Gasteiger partial charge in [-0.15, -0.1) is 0 Å². The standard InChI is InChI=1S/C14H22O3/c1-9-5-10(2)14(8-17-12(4)15)6-13(9)11(3)16-7-14/h5,10-11,13H,6-8H2,1-4H3/t10-,11-,13-,14-/m1/s1. The number of hydrogen-bond acceptors (Lipinski definition) is 3. The second-order valence-electron chi connectivity index (χ2n) is 5.67. The predicted octanol–water partition coefficient (Wildman–Crippen LogP) is 2.56. The molecule has 3 heteroatoms. The lowest BCUT2D eigenvalue weighted by molar-refractivity contribution is -0.159. The summed E-state index contributed by atoms with van der Waals surface area (Å²) >= 11 is 0. The van der Waals surface area contributed by atoms with Gasteiger partial charge in [0.25, 0.3) is 0 Å². The van der Waals surface area contributed by atoms with E-state index in [-0.39, 0.29) is 17.5 Å². The maximum absolute atomic E-state index is 11.0. The van der Waals surface area contributed by atoms with Crippen LogP contribution in [0.4, 0.5) is 0 Å². The van der Waals surface area contributed by atoms with Crippen LogP contribution >= 0.6 is 0 Å². The Balaban J connectivity index is 2.19. The molecule has 96 valence electrons. The van der Waals surface area contributed by atoms with Crippen molar-refractivity contribution in [3.63, 3.8) is 0 Å². The van der Waals surface area contributed by atoms with Gasteiger partial charge < -0.3 is 9.47 Å². The van der Waals surface area contributed by atoms with Gasteiger partial charge in [0.15, 0.2) is 0 Å². The third kappa shape index (κ3) is 2.25. The molecule has 0 aromatic rings. The van der Waals surface area contributed by atoms with E-state index in [1.165, 1.54) is 12.5 Å². The van der Waals surface area contributed by atoms with Gasteiger partial charge in [-0.1, -0.05) is 18.6 Å². The second-order valence-corrected chi connectivity index (χ2v) is 5.67. The summed E-state index contributed by atoms with van der Waals surface area (Å²) in [5.74, 6) is 0.689. The van der Waals surface area contributed by atoms with Crippen LogP contribution in [0.5, 0.6) is 0 Å². The molecule has 0 saturated carbocycles. The smallest absolute Gasteiger partial charge is 0.302 e. The molecule has 2 aliphatic rings. The molecule has 1 saturated heterocycles. The zero-order chi connectivity index (χ0) is 12.6. The number of ether oxygens (including phenoxy) is 2. The molecule has 1 fully saturated rings. The Labute approximate surface area is 103 Å². The highest BCUT2D eigenvalue weighted by atomic mass is 16.5. The van der Waals surface area contributed by atoms with E-state index in [4.69, 9.17) is 9.47 Å². The van der Waals surface area contributed by atoms with Crippen molar-refractivity contribution in [3.8, 4) is 0 Å². The van der Waals surface area contributed by atoms with Gasteiger partial charge in [0.05, 0.1) is 19.3 Å². The molecule has 0 N–H and O–H groups in total. The van der Waals surface area contributed by atoms with Crippen molar-refractivity contribution >= 4 is 5.97 Å². The zero-order valence-electron chi connectivity index (χ0n) is 11.2. The summed E-state index contributed by atoms with van der Waals surface area (Å²) in [6.45, 7) is 9.16. The average Bonchev–Trinajstić information content (AvgIpc) is 2.27. The minimum atomic E-state index is -0.201. The number of esters is 1. The fourth-order valence-electron chi connectivity index (χ4n) is 3.10. The molecule has 1 heterocycles. The van der Waals surface area contributed by atoms with E-state index < -0.39 is 0 Å². The van der Waals surface area contributed by atoms with Crippen molar-refractivity contribution in [2.45, 2.75) is 40.2 Å². The Kier molecular flexibility index (Phi) is 3.30. The highest BCUT2D eigenvalue weighted by Gasteiger charge is 2.47. The lowest BCUT2D eigenvalue weighted by atomic mass is 9.63. The summed E-state index contributed by atoms with van der Waals surface area (Å²) in [7, 11) is 0. The van der Waals surface area contributed by atoms with Crippen molar-refractivity contribution in [2.75, 3.05) is 13.2 Å². The minimum absolute atomic E-state index is 0.0116. The van der Waals surface area contributed by atoms with E-state index in [0.717, 1.165) is 6.42 Å². The number of hydrogen-bond donors (Lipinski definition) is 0. The lowest BCUT2D eigenvalue weighted by Crippen LogP contribution is -2.50. The first-order valence-corrected chi connectivity index (χ1v) is 6.38. The van der Waals surface area contributed by atoms with Crippen LogP contribution in [0.25, 0.3) is 0 Å². The quantitative estimate of drug-likeness (QED) is 0.548. The summed E-state index contributed by atoms with van der Waals surface area (Å²) in [6, 6.07) is 0. The van der Waals surface area contributed by atoms with Crippen LogP contribution < -0.4 is 0 Å². The maximum Gasteiger partial charge on any atom is 0.302 e. The van der Waals surface area contributed by atoms with Crippen molar-refractivity contribution in [2.24, 2.45) is 17.3 Å². The van der Waals surface area contributed by atoms with Gasteiger partial charge in [-0.3, -0.25) is 4.79 Å². The monoisotopic (exact) mass is 238 g/mol. The molecule has 0 aromatic heterocycles. The molecule has 0 aromatic carbocycles. The summed E-state index contributed by atoms with van der Waals surface area (Å²) in [5.41, 5.74) is 1.41. The summed E-state index contributed by atoms with van der Waals surface area (Å²) in [4.78, 5) is 11.0. The molecule has 2 bridgehead atoms. The number of carbonyl (C=O) groups is 1. The largest absolute Gasteiger partial charge is 0.465 e. The van der Waals surface area contributed by atoms with Gasteiger partial charge in [0.2, 0.25) is 0 Å². The average molecular weight is 238 g/mol. The Bertz CT molecular complexity index is 347. The number of fused-ring (bicyclic) bond motifs is 2. The van der Waals surface area contributed by atoms with E-state index >= 15 is 0 Å². The van der Waals surface area contributed by atoms with Gasteiger partial charge in [-0.05, 0) is 26.2 Å². The zero-order valence-corrected chi connectivity index (χ0v) is 11.2. The van der Waals surface area contributed by atoms with Crippen LogP contribution in [0, 0.1) is 17.3 Å². The molecule has 0 amide bonds. The summed E-state index contributed by atoms with van der Waals surface area (Å²) < 4.78 is 11.1. The first-order chi connectivity index (χ1) is 7.94. The molecule has 17 heavy (non-hydrogen) atoms. The Morgan fingerprint density at radius 3 is 2.94 bits per heavy atom. The van der Waals surface area contributed by atoms with Crippen LogP contribution in [0.3, 0.4) is 0 Å². The highest BCUT2D eigenvalue weighted by molar-refractivity contribution is 5.65. The third-order valence-corrected chi connectivity index (χ3v) is 4.45. The van der Waals surface area contributed by atoms with Crippen molar-refractivity contribution in [1.82, 2.24) is 0 Å². The summed E-state index contributed by atoms with van der Waals surface area (Å²) in [6.07, 6.45) is 3.69. The molecule has 1 aliphatic carbocycles. The molecule has 2 rings (SSSR count). The minimum Gasteiger partial charge on any atom is -0.465 e. The lowest BCUT2D eigenvalue weighted by Gasteiger charge is -2.49.